The fourth-order valence-electron chi connectivity index (χ4n) is 2.01. The molecule has 0 aromatic heterocycles. The largest absolute Gasteiger partial charge is 0.350 e. The van der Waals surface area contributed by atoms with Crippen molar-refractivity contribution in [3.05, 3.63) is 0 Å². The van der Waals surface area contributed by atoms with Gasteiger partial charge in [0, 0.05) is 18.6 Å². The van der Waals surface area contributed by atoms with Gasteiger partial charge < -0.3 is 5.32 Å². The normalized spacial score (nSPS) is 22.6. The number of nitrogens with one attached hydrogen (secondary N) is 1. The van der Waals surface area contributed by atoms with Gasteiger partial charge in [-0.05, 0) is 33.2 Å². The molecule has 1 saturated heterocycles. The molecule has 0 saturated carbocycles. The van der Waals surface area contributed by atoms with Gasteiger partial charge in [-0.2, -0.15) is 13.1 Å². The topological polar surface area (TPSA) is 49.4 Å². The summed E-state index contributed by atoms with van der Waals surface area (Å²) in [4.78, 5) is 0. The lowest BCUT2D eigenvalue weighted by molar-refractivity contribution is 0.204. The molecule has 102 valence electrons. The quantitative estimate of drug-likeness (QED) is 0.821. The maximum atomic E-state index is 12.5. The van der Waals surface area contributed by atoms with Gasteiger partial charge >= 0.3 is 5.76 Å². The minimum atomic E-state index is -4.48. The minimum Gasteiger partial charge on any atom is -0.313 e. The van der Waals surface area contributed by atoms with E-state index in [-0.39, 0.29) is 12.6 Å². The molecule has 1 N–H and O–H groups in total. The Kier molecular flexibility index (Phi) is 5.27. The third-order valence-corrected chi connectivity index (χ3v) is 4.62. The Labute approximate surface area is 101 Å². The van der Waals surface area contributed by atoms with E-state index in [0.717, 1.165) is 30.1 Å². The highest BCUT2D eigenvalue weighted by molar-refractivity contribution is 7.89. The maximum Gasteiger partial charge on any atom is 0.350 e. The molecule has 1 rings (SSSR count). The van der Waals surface area contributed by atoms with E-state index in [0.29, 0.717) is 0 Å². The molecule has 17 heavy (non-hydrogen) atoms. The number of sulfonamides is 1. The first-order valence-electron chi connectivity index (χ1n) is 5.88. The number of hydrogen-bond donors (Lipinski definition) is 1. The molecule has 1 heterocycles. The molecule has 1 atom stereocenters. The zero-order chi connectivity index (χ0) is 13.1. The number of nitrogens with zero attached hydrogens (tertiary/aromatic N) is 1. The molecule has 0 spiro atoms. The summed E-state index contributed by atoms with van der Waals surface area (Å²) in [6, 6.07) is -0.461. The highest BCUT2D eigenvalue weighted by Gasteiger charge is 2.35. The number of alkyl halides is 2. The van der Waals surface area contributed by atoms with E-state index in [1.807, 2.05) is 0 Å². The van der Waals surface area contributed by atoms with Crippen molar-refractivity contribution in [1.29, 1.82) is 0 Å². The SMILES string of the molecule is CC(C)N(CC1CCCCN1)S(=O)(=O)C(F)F. The molecule has 1 aliphatic heterocycles. The van der Waals surface area contributed by atoms with Crippen molar-refractivity contribution in [2.45, 2.75) is 51.0 Å². The molecular weight excluding hydrogens is 250 g/mol. The van der Waals surface area contributed by atoms with Crippen molar-refractivity contribution in [3.63, 3.8) is 0 Å². The van der Waals surface area contributed by atoms with Gasteiger partial charge in [-0.3, -0.25) is 0 Å². The maximum absolute atomic E-state index is 12.5. The predicted molar refractivity (Wildman–Crippen MR) is 62.4 cm³/mol. The number of rotatable bonds is 5. The molecule has 7 heteroatoms. The van der Waals surface area contributed by atoms with Crippen LogP contribution in [0.5, 0.6) is 0 Å². The Morgan fingerprint density at radius 3 is 2.41 bits per heavy atom. The number of halogens is 2. The average Bonchev–Trinajstić information content (AvgIpc) is 2.26. The van der Waals surface area contributed by atoms with E-state index >= 15 is 0 Å². The van der Waals surface area contributed by atoms with Gasteiger partial charge in [-0.1, -0.05) is 6.42 Å². The summed E-state index contributed by atoms with van der Waals surface area (Å²) >= 11 is 0. The molecule has 1 unspecified atom stereocenters. The standard InChI is InChI=1S/C10H20F2N2O2S/c1-8(2)14(17(15,16)10(11)12)7-9-5-3-4-6-13-9/h8-10,13H,3-7H2,1-2H3. The van der Waals surface area contributed by atoms with Crippen molar-refractivity contribution in [2.24, 2.45) is 0 Å². The van der Waals surface area contributed by atoms with Crippen LogP contribution in [0.4, 0.5) is 8.78 Å². The monoisotopic (exact) mass is 270 g/mol. The van der Waals surface area contributed by atoms with Gasteiger partial charge in [0.15, 0.2) is 0 Å². The molecule has 0 aliphatic carbocycles. The first-order chi connectivity index (χ1) is 7.85. The van der Waals surface area contributed by atoms with Gasteiger partial charge in [0.2, 0.25) is 0 Å². The number of hydrogen-bond acceptors (Lipinski definition) is 3. The van der Waals surface area contributed by atoms with Crippen molar-refractivity contribution in [3.8, 4) is 0 Å². The first kappa shape index (κ1) is 14.8. The molecule has 0 radical (unpaired) electrons. The second-order valence-electron chi connectivity index (χ2n) is 4.62. The molecule has 1 aliphatic rings. The highest BCUT2D eigenvalue weighted by atomic mass is 32.2. The summed E-state index contributed by atoms with van der Waals surface area (Å²) in [6.45, 7) is 4.18. The number of piperidine rings is 1. The van der Waals surface area contributed by atoms with E-state index in [1.165, 1.54) is 0 Å². The fourth-order valence-corrected chi connectivity index (χ4v) is 3.19. The van der Waals surface area contributed by atoms with Crippen LogP contribution in [0.3, 0.4) is 0 Å². The van der Waals surface area contributed by atoms with E-state index in [1.54, 1.807) is 13.8 Å². The average molecular weight is 270 g/mol. The van der Waals surface area contributed by atoms with Crippen LogP contribution in [0.15, 0.2) is 0 Å². The van der Waals surface area contributed by atoms with Crippen molar-refractivity contribution in [2.75, 3.05) is 13.1 Å². The summed E-state index contributed by atoms with van der Waals surface area (Å²) in [5.41, 5.74) is 0. The van der Waals surface area contributed by atoms with Gasteiger partial charge in [-0.15, -0.1) is 0 Å². The van der Waals surface area contributed by atoms with Crippen LogP contribution in [-0.2, 0) is 10.0 Å². The molecule has 0 amide bonds. The highest BCUT2D eigenvalue weighted by Crippen LogP contribution is 2.18. The first-order valence-corrected chi connectivity index (χ1v) is 7.38. The molecule has 4 nitrogen and oxygen atoms in total. The lowest BCUT2D eigenvalue weighted by Crippen LogP contribution is -2.49. The zero-order valence-electron chi connectivity index (χ0n) is 10.2. The Morgan fingerprint density at radius 1 is 1.35 bits per heavy atom. The second kappa shape index (κ2) is 6.06. The predicted octanol–water partition coefficient (Wildman–Crippen LogP) is 1.39. The fraction of sp³-hybridized carbons (Fsp3) is 1.00. The van der Waals surface area contributed by atoms with E-state index in [2.05, 4.69) is 5.32 Å². The summed E-state index contributed by atoms with van der Waals surface area (Å²) in [5.74, 6) is -3.34. The third-order valence-electron chi connectivity index (χ3n) is 2.94. The second-order valence-corrected chi connectivity index (χ2v) is 6.47. The zero-order valence-corrected chi connectivity index (χ0v) is 11.0. The molecule has 0 bridgehead atoms. The lowest BCUT2D eigenvalue weighted by atomic mass is 10.1. The van der Waals surface area contributed by atoms with E-state index in [4.69, 9.17) is 0 Å². The smallest absolute Gasteiger partial charge is 0.313 e. The van der Waals surface area contributed by atoms with Crippen molar-refractivity contribution >= 4 is 10.0 Å². The van der Waals surface area contributed by atoms with Crippen LogP contribution in [0.2, 0.25) is 0 Å². The van der Waals surface area contributed by atoms with Crippen LogP contribution in [-0.4, -0.2) is 43.7 Å². The molecule has 0 aromatic rings. The van der Waals surface area contributed by atoms with Crippen LogP contribution in [0, 0.1) is 0 Å². The summed E-state index contributed by atoms with van der Waals surface area (Å²) in [5, 5.41) is 3.16. The van der Waals surface area contributed by atoms with Gasteiger partial charge in [0.1, 0.15) is 0 Å². The van der Waals surface area contributed by atoms with Gasteiger partial charge in [0.25, 0.3) is 10.0 Å². The minimum absolute atomic E-state index is 0.0142. The van der Waals surface area contributed by atoms with Gasteiger partial charge in [-0.25, -0.2) is 8.42 Å². The van der Waals surface area contributed by atoms with Crippen molar-refractivity contribution < 1.29 is 17.2 Å². The van der Waals surface area contributed by atoms with Crippen LogP contribution in [0.1, 0.15) is 33.1 Å². The lowest BCUT2D eigenvalue weighted by Gasteiger charge is -2.32. The summed E-state index contributed by atoms with van der Waals surface area (Å²) < 4.78 is 48.9. The summed E-state index contributed by atoms with van der Waals surface area (Å²) in [7, 11) is -4.48. The Morgan fingerprint density at radius 2 is 2.00 bits per heavy atom. The van der Waals surface area contributed by atoms with Crippen LogP contribution < -0.4 is 5.32 Å². The Balaban J connectivity index is 2.72. The Hall–Kier alpha value is -0.270. The molecule has 1 fully saturated rings. The van der Waals surface area contributed by atoms with Crippen LogP contribution >= 0.6 is 0 Å². The molecular formula is C10H20F2N2O2S. The Bertz CT molecular complexity index is 327. The van der Waals surface area contributed by atoms with Crippen LogP contribution in [0.25, 0.3) is 0 Å². The third kappa shape index (κ3) is 3.86. The molecule has 0 aromatic carbocycles. The van der Waals surface area contributed by atoms with Gasteiger partial charge in [0.05, 0.1) is 0 Å². The van der Waals surface area contributed by atoms with E-state index < -0.39 is 21.8 Å². The van der Waals surface area contributed by atoms with E-state index in [9.17, 15) is 17.2 Å². The summed E-state index contributed by atoms with van der Waals surface area (Å²) in [6.07, 6.45) is 2.90. The van der Waals surface area contributed by atoms with Crippen molar-refractivity contribution in [1.82, 2.24) is 9.62 Å².